The number of pyridine rings is 1. The van der Waals surface area contributed by atoms with Gasteiger partial charge in [0.05, 0.1) is 49.9 Å². The van der Waals surface area contributed by atoms with E-state index in [0.717, 1.165) is 13.1 Å². The normalized spacial score (nSPS) is 26.3. The van der Waals surface area contributed by atoms with Gasteiger partial charge in [-0.3, -0.25) is 9.30 Å². The number of halogens is 2. The number of piperazine rings is 1. The zero-order valence-electron chi connectivity index (χ0n) is 20.2. The van der Waals surface area contributed by atoms with Crippen LogP contribution >= 0.6 is 11.3 Å². The van der Waals surface area contributed by atoms with Crippen molar-refractivity contribution in [1.82, 2.24) is 29.2 Å². The van der Waals surface area contributed by atoms with E-state index in [1.54, 1.807) is 6.92 Å². The van der Waals surface area contributed by atoms with Crippen LogP contribution in [0, 0.1) is 11.3 Å². The number of alkyl halides is 2. The van der Waals surface area contributed by atoms with Crippen LogP contribution in [0.3, 0.4) is 0 Å². The van der Waals surface area contributed by atoms with E-state index >= 15 is 0 Å². The van der Waals surface area contributed by atoms with Crippen LogP contribution in [0.25, 0.3) is 16.3 Å². The Hall–Kier alpha value is -2.81. The Morgan fingerprint density at radius 3 is 2.84 bits per heavy atom. The minimum atomic E-state index is -4.20. The summed E-state index contributed by atoms with van der Waals surface area (Å²) in [4.78, 5) is 8.82. The Morgan fingerprint density at radius 1 is 1.32 bits per heavy atom. The van der Waals surface area contributed by atoms with Crippen LogP contribution < -0.4 is 9.62 Å². The molecule has 0 radical (unpaired) electrons. The number of nitrogens with one attached hydrogen (secondary N) is 1. The third-order valence-electron chi connectivity index (χ3n) is 7.27. The lowest BCUT2D eigenvalue weighted by Gasteiger charge is -2.44. The molecule has 16 heteroatoms. The molecule has 6 rings (SSSR count). The first-order chi connectivity index (χ1) is 18.2. The van der Waals surface area contributed by atoms with E-state index in [1.165, 1.54) is 22.9 Å². The maximum Gasteiger partial charge on any atom is 0.291 e. The van der Waals surface area contributed by atoms with Gasteiger partial charge in [-0.1, -0.05) is 11.3 Å². The quantitative estimate of drug-likeness (QED) is 0.464. The summed E-state index contributed by atoms with van der Waals surface area (Å²) in [5.74, 6) is 0. The topological polar surface area (TPSA) is 138 Å². The van der Waals surface area contributed by atoms with Gasteiger partial charge in [-0.15, -0.1) is 10.2 Å². The molecule has 38 heavy (non-hydrogen) atoms. The predicted molar refractivity (Wildman–Crippen MR) is 132 cm³/mol. The zero-order chi connectivity index (χ0) is 26.7. The minimum absolute atomic E-state index is 0.0693. The van der Waals surface area contributed by atoms with Crippen LogP contribution in [0.15, 0.2) is 23.4 Å². The van der Waals surface area contributed by atoms with Crippen molar-refractivity contribution in [3.05, 3.63) is 23.5 Å². The number of morpholine rings is 1. The number of hydrogen-bond donors (Lipinski definition) is 1. The van der Waals surface area contributed by atoms with Gasteiger partial charge in [-0.05, 0) is 13.0 Å². The third kappa shape index (κ3) is 4.23. The molecule has 12 nitrogen and oxygen atoms in total. The highest BCUT2D eigenvalue weighted by molar-refractivity contribution is 7.89. The number of anilines is 1. The molecule has 0 amide bonds. The van der Waals surface area contributed by atoms with E-state index in [2.05, 4.69) is 29.7 Å². The molecule has 3 aliphatic heterocycles. The van der Waals surface area contributed by atoms with Gasteiger partial charge in [0.15, 0.2) is 21.2 Å². The number of rotatable bonds is 6. The van der Waals surface area contributed by atoms with E-state index in [0.29, 0.717) is 54.7 Å². The van der Waals surface area contributed by atoms with E-state index in [4.69, 9.17) is 9.47 Å². The first-order valence-electron chi connectivity index (χ1n) is 12.0. The summed E-state index contributed by atoms with van der Waals surface area (Å²) in [5.41, 5.74) is -0.0415. The summed E-state index contributed by atoms with van der Waals surface area (Å²) < 4.78 is 68.6. The lowest BCUT2D eigenvalue weighted by Crippen LogP contribution is -2.66. The molecule has 0 aromatic carbocycles. The van der Waals surface area contributed by atoms with Crippen molar-refractivity contribution in [1.29, 1.82) is 5.26 Å². The summed E-state index contributed by atoms with van der Waals surface area (Å²) in [6, 6.07) is 3.70. The van der Waals surface area contributed by atoms with Crippen molar-refractivity contribution in [2.45, 2.75) is 35.9 Å². The third-order valence-corrected chi connectivity index (χ3v) is 9.70. The first-order valence-corrected chi connectivity index (χ1v) is 14.3. The average Bonchev–Trinajstić information content (AvgIpc) is 3.57. The van der Waals surface area contributed by atoms with Crippen LogP contribution in [-0.4, -0.2) is 96.6 Å². The molecule has 3 aromatic rings. The SMILES string of the molecule is CC1OCC1(C#N)NS(=O)(=O)c1cc(N2CCN3CCOC[C@H]3C2)c2ncc(-c3nnc(C(F)F)s3)n2c1. The van der Waals surface area contributed by atoms with E-state index < -0.39 is 33.1 Å². The van der Waals surface area contributed by atoms with Gasteiger partial charge >= 0.3 is 0 Å². The molecule has 0 spiro atoms. The summed E-state index contributed by atoms with van der Waals surface area (Å²) in [6.45, 7) is 5.62. The second kappa shape index (κ2) is 9.43. The largest absolute Gasteiger partial charge is 0.378 e. The molecule has 3 aromatic heterocycles. The van der Waals surface area contributed by atoms with Gasteiger partial charge in [0.25, 0.3) is 6.43 Å². The van der Waals surface area contributed by atoms with Crippen molar-refractivity contribution >= 4 is 32.7 Å². The van der Waals surface area contributed by atoms with Crippen molar-refractivity contribution in [3.8, 4) is 16.8 Å². The summed E-state index contributed by atoms with van der Waals surface area (Å²) >= 11 is 0.715. The van der Waals surface area contributed by atoms with E-state index in [9.17, 15) is 22.5 Å². The highest BCUT2D eigenvalue weighted by atomic mass is 32.2. The molecule has 202 valence electrons. The maximum atomic E-state index is 13.6. The molecule has 3 aliphatic rings. The molecular weight excluding hydrogens is 542 g/mol. The van der Waals surface area contributed by atoms with Crippen molar-refractivity contribution < 1.29 is 26.7 Å². The Bertz CT molecular complexity index is 1520. The van der Waals surface area contributed by atoms with E-state index in [-0.39, 0.29) is 22.6 Å². The molecule has 3 fully saturated rings. The van der Waals surface area contributed by atoms with Gasteiger partial charge in [0, 0.05) is 32.4 Å². The van der Waals surface area contributed by atoms with Crippen molar-refractivity contribution in [2.24, 2.45) is 0 Å². The van der Waals surface area contributed by atoms with E-state index in [1.807, 2.05) is 6.07 Å². The summed E-state index contributed by atoms with van der Waals surface area (Å²) in [6.07, 6.45) is -0.569. The second-order valence-electron chi connectivity index (χ2n) is 9.50. The number of ether oxygens (including phenoxy) is 2. The Balaban J connectivity index is 1.46. The molecule has 0 aliphatic carbocycles. The monoisotopic (exact) mass is 566 g/mol. The van der Waals surface area contributed by atoms with Gasteiger partial charge in [-0.25, -0.2) is 22.2 Å². The number of imidazole rings is 1. The van der Waals surface area contributed by atoms with Crippen LogP contribution in [-0.2, 0) is 19.5 Å². The van der Waals surface area contributed by atoms with Crippen molar-refractivity contribution in [2.75, 3.05) is 50.9 Å². The molecule has 2 unspecified atom stereocenters. The smallest absolute Gasteiger partial charge is 0.291 e. The Kier molecular flexibility index (Phi) is 6.32. The van der Waals surface area contributed by atoms with Gasteiger partial charge in [-0.2, -0.15) is 9.98 Å². The fourth-order valence-corrected chi connectivity index (χ4v) is 7.03. The van der Waals surface area contributed by atoms with Gasteiger partial charge in [0.2, 0.25) is 10.0 Å². The highest BCUT2D eigenvalue weighted by Crippen LogP contribution is 2.35. The molecule has 3 saturated heterocycles. The molecule has 0 bridgehead atoms. The molecule has 0 saturated carbocycles. The molecule has 3 atom stereocenters. The van der Waals surface area contributed by atoms with Gasteiger partial charge < -0.3 is 14.4 Å². The Labute approximate surface area is 220 Å². The maximum absolute atomic E-state index is 13.6. The zero-order valence-corrected chi connectivity index (χ0v) is 21.9. The predicted octanol–water partition coefficient (Wildman–Crippen LogP) is 1.27. The fourth-order valence-electron chi connectivity index (χ4n) is 4.95. The second-order valence-corrected chi connectivity index (χ2v) is 12.2. The van der Waals surface area contributed by atoms with Crippen LogP contribution in [0.5, 0.6) is 0 Å². The lowest BCUT2D eigenvalue weighted by atomic mass is 9.92. The van der Waals surface area contributed by atoms with Crippen LogP contribution in [0.1, 0.15) is 18.4 Å². The fraction of sp³-hybridized carbons (Fsp3) is 0.545. The lowest BCUT2D eigenvalue weighted by molar-refractivity contribution is -0.102. The highest BCUT2D eigenvalue weighted by Gasteiger charge is 2.49. The van der Waals surface area contributed by atoms with Crippen LogP contribution in [0.2, 0.25) is 0 Å². The molecule has 6 heterocycles. The first kappa shape index (κ1) is 25.5. The summed E-state index contributed by atoms with van der Waals surface area (Å²) in [5, 5.41) is 16.9. The summed E-state index contributed by atoms with van der Waals surface area (Å²) in [7, 11) is -4.20. The Morgan fingerprint density at radius 2 is 2.16 bits per heavy atom. The number of aromatic nitrogens is 4. The number of hydrogen-bond acceptors (Lipinski definition) is 11. The van der Waals surface area contributed by atoms with Crippen LogP contribution in [0.4, 0.5) is 14.5 Å². The number of fused-ring (bicyclic) bond motifs is 2. The van der Waals surface area contributed by atoms with Gasteiger partial charge in [0.1, 0.15) is 10.6 Å². The standard InChI is InChI=1S/C22H24F2N8O4S2/c1-13-22(11-25,12-36-13)29-38(33,34)15-6-16(31-3-2-30-4-5-35-10-14(30)8-31)19-26-7-17(32(19)9-15)20-27-28-21(37-20)18(23)24/h6-7,9,13-14,18,29H,2-5,8,10,12H2,1H3/t13?,14-,22?/m1/s1. The van der Waals surface area contributed by atoms with Crippen molar-refractivity contribution in [3.63, 3.8) is 0 Å². The molecule has 1 N–H and O–H groups in total. The molecular formula is C22H24F2N8O4S2. The number of nitriles is 1. The average molecular weight is 567 g/mol. The number of nitrogens with zero attached hydrogens (tertiary/aromatic N) is 7. The number of sulfonamides is 1. The minimum Gasteiger partial charge on any atom is -0.378 e.